The molecule has 2 aromatic carbocycles. The van der Waals surface area contributed by atoms with Crippen molar-refractivity contribution in [3.05, 3.63) is 66.2 Å². The quantitative estimate of drug-likeness (QED) is 0.559. The summed E-state index contributed by atoms with van der Waals surface area (Å²) in [6.07, 6.45) is 0.831. The van der Waals surface area contributed by atoms with E-state index in [9.17, 15) is 4.79 Å². The second-order valence-electron chi connectivity index (χ2n) is 7.07. The van der Waals surface area contributed by atoms with E-state index >= 15 is 0 Å². The van der Waals surface area contributed by atoms with Crippen molar-refractivity contribution in [2.24, 2.45) is 4.99 Å². The van der Waals surface area contributed by atoms with Crippen molar-refractivity contribution in [1.82, 2.24) is 15.5 Å². The molecule has 154 valence electrons. The Labute approximate surface area is 173 Å². The van der Waals surface area contributed by atoms with Gasteiger partial charge in [-0.1, -0.05) is 48.5 Å². The lowest BCUT2D eigenvalue weighted by molar-refractivity contribution is -0.119. The molecule has 6 nitrogen and oxygen atoms in total. The van der Waals surface area contributed by atoms with Crippen molar-refractivity contribution in [3.63, 3.8) is 0 Å². The summed E-state index contributed by atoms with van der Waals surface area (Å²) in [5, 5.41) is 6.28. The van der Waals surface area contributed by atoms with E-state index in [0.29, 0.717) is 6.54 Å². The molecule has 0 aromatic heterocycles. The molecule has 3 rings (SSSR count). The van der Waals surface area contributed by atoms with Gasteiger partial charge >= 0.3 is 0 Å². The number of benzene rings is 2. The van der Waals surface area contributed by atoms with Crippen molar-refractivity contribution >= 4 is 17.6 Å². The number of guanidine groups is 1. The van der Waals surface area contributed by atoms with Crippen molar-refractivity contribution in [1.29, 1.82) is 0 Å². The predicted molar refractivity (Wildman–Crippen MR) is 119 cm³/mol. The maximum atomic E-state index is 12.2. The monoisotopic (exact) mass is 393 g/mol. The molecular weight excluding hydrogens is 362 g/mol. The number of piperazine rings is 1. The number of rotatable bonds is 7. The summed E-state index contributed by atoms with van der Waals surface area (Å²) in [4.78, 5) is 21.4. The number of nitrogens with one attached hydrogen (secondary N) is 2. The first kappa shape index (κ1) is 20.7. The first-order chi connectivity index (χ1) is 14.3. The zero-order chi connectivity index (χ0) is 20.3. The van der Waals surface area contributed by atoms with Crippen LogP contribution in [0, 0.1) is 0 Å². The Bertz CT molecular complexity index is 770. The lowest BCUT2D eigenvalue weighted by atomic mass is 10.1. The van der Waals surface area contributed by atoms with Crippen molar-refractivity contribution in [2.75, 3.05) is 50.7 Å². The van der Waals surface area contributed by atoms with Gasteiger partial charge in [0, 0.05) is 45.0 Å². The number of para-hydroxylation sites is 1. The van der Waals surface area contributed by atoms with Crippen LogP contribution in [-0.4, -0.2) is 62.6 Å². The highest BCUT2D eigenvalue weighted by molar-refractivity contribution is 5.85. The summed E-state index contributed by atoms with van der Waals surface area (Å²) in [6.45, 7) is 7.27. The van der Waals surface area contributed by atoms with Gasteiger partial charge in [-0.3, -0.25) is 4.79 Å². The summed E-state index contributed by atoms with van der Waals surface area (Å²) >= 11 is 0. The van der Waals surface area contributed by atoms with Gasteiger partial charge in [-0.05, 0) is 31.0 Å². The van der Waals surface area contributed by atoms with Gasteiger partial charge in [0.25, 0.3) is 0 Å². The van der Waals surface area contributed by atoms with Crippen LogP contribution in [0.2, 0.25) is 0 Å². The lowest BCUT2D eigenvalue weighted by Crippen LogP contribution is -2.52. The summed E-state index contributed by atoms with van der Waals surface area (Å²) < 4.78 is 0. The van der Waals surface area contributed by atoms with E-state index in [1.54, 1.807) is 0 Å². The zero-order valence-electron chi connectivity index (χ0n) is 17.2. The molecule has 2 aromatic rings. The first-order valence-corrected chi connectivity index (χ1v) is 10.4. The molecule has 0 saturated carbocycles. The molecule has 6 heteroatoms. The number of hydrogen-bond acceptors (Lipinski definition) is 3. The standard InChI is InChI=1S/C23H31N5O/c1-2-24-23(26-19-22(29)25-14-13-20-9-5-3-6-10-20)28-17-15-27(16-18-28)21-11-7-4-8-12-21/h3-12H,2,13-19H2,1H3,(H,24,26)(H,25,29). The van der Waals surface area contributed by atoms with Crippen LogP contribution in [0.3, 0.4) is 0 Å². The third kappa shape index (κ3) is 6.52. The summed E-state index contributed by atoms with van der Waals surface area (Å²) in [5.74, 6) is 0.776. The summed E-state index contributed by atoms with van der Waals surface area (Å²) in [7, 11) is 0. The van der Waals surface area contributed by atoms with Gasteiger partial charge in [-0.25, -0.2) is 4.99 Å². The van der Waals surface area contributed by atoms with Gasteiger partial charge in [0.15, 0.2) is 5.96 Å². The second kappa shape index (κ2) is 11.1. The number of hydrogen-bond donors (Lipinski definition) is 2. The zero-order valence-corrected chi connectivity index (χ0v) is 17.2. The number of carbonyl (C=O) groups is 1. The Hall–Kier alpha value is -3.02. The molecule has 1 heterocycles. The number of amides is 1. The number of carbonyl (C=O) groups excluding carboxylic acids is 1. The maximum absolute atomic E-state index is 12.2. The maximum Gasteiger partial charge on any atom is 0.241 e. The molecule has 1 aliphatic heterocycles. The molecule has 1 saturated heterocycles. The molecule has 1 fully saturated rings. The van der Waals surface area contributed by atoms with E-state index in [-0.39, 0.29) is 12.5 Å². The van der Waals surface area contributed by atoms with E-state index in [0.717, 1.165) is 45.1 Å². The topological polar surface area (TPSA) is 60.0 Å². The van der Waals surface area contributed by atoms with Crippen LogP contribution in [0.15, 0.2) is 65.7 Å². The molecule has 2 N–H and O–H groups in total. The molecular formula is C23H31N5O. The highest BCUT2D eigenvalue weighted by atomic mass is 16.1. The highest BCUT2D eigenvalue weighted by Gasteiger charge is 2.19. The van der Waals surface area contributed by atoms with Crippen LogP contribution in [0.5, 0.6) is 0 Å². The van der Waals surface area contributed by atoms with Crippen LogP contribution in [-0.2, 0) is 11.2 Å². The van der Waals surface area contributed by atoms with Crippen molar-refractivity contribution in [3.8, 4) is 0 Å². The van der Waals surface area contributed by atoms with E-state index in [2.05, 4.69) is 68.7 Å². The van der Waals surface area contributed by atoms with E-state index in [4.69, 9.17) is 0 Å². The minimum absolute atomic E-state index is 0.0424. The fourth-order valence-electron chi connectivity index (χ4n) is 3.43. The molecule has 0 bridgehead atoms. The van der Waals surface area contributed by atoms with E-state index in [1.807, 2.05) is 24.3 Å². The Morgan fingerprint density at radius 1 is 0.931 bits per heavy atom. The second-order valence-corrected chi connectivity index (χ2v) is 7.07. The van der Waals surface area contributed by atoms with Crippen molar-refractivity contribution < 1.29 is 4.79 Å². The smallest absolute Gasteiger partial charge is 0.241 e. The third-order valence-corrected chi connectivity index (χ3v) is 4.99. The minimum atomic E-state index is -0.0424. The van der Waals surface area contributed by atoms with Crippen LogP contribution in [0.4, 0.5) is 5.69 Å². The normalized spacial score (nSPS) is 14.6. The fraction of sp³-hybridized carbons (Fsp3) is 0.391. The van der Waals surface area contributed by atoms with Crippen LogP contribution < -0.4 is 15.5 Å². The van der Waals surface area contributed by atoms with Gasteiger partial charge in [-0.2, -0.15) is 0 Å². The van der Waals surface area contributed by atoms with Gasteiger partial charge < -0.3 is 20.4 Å². The van der Waals surface area contributed by atoms with Crippen LogP contribution in [0.25, 0.3) is 0 Å². The number of aliphatic imine (C=N–C) groups is 1. The Morgan fingerprint density at radius 2 is 1.59 bits per heavy atom. The predicted octanol–water partition coefficient (Wildman–Crippen LogP) is 2.13. The number of nitrogens with zero attached hydrogens (tertiary/aromatic N) is 3. The Balaban J connectivity index is 1.46. The van der Waals surface area contributed by atoms with Gasteiger partial charge in [0.05, 0.1) is 0 Å². The van der Waals surface area contributed by atoms with Crippen LogP contribution in [0.1, 0.15) is 12.5 Å². The Kier molecular flexibility index (Phi) is 7.92. The molecule has 0 unspecified atom stereocenters. The van der Waals surface area contributed by atoms with E-state index in [1.165, 1.54) is 11.3 Å². The average Bonchev–Trinajstić information content (AvgIpc) is 2.78. The summed E-state index contributed by atoms with van der Waals surface area (Å²) in [5.41, 5.74) is 2.48. The average molecular weight is 394 g/mol. The largest absolute Gasteiger partial charge is 0.368 e. The minimum Gasteiger partial charge on any atom is -0.368 e. The van der Waals surface area contributed by atoms with Crippen molar-refractivity contribution in [2.45, 2.75) is 13.3 Å². The molecule has 1 aliphatic rings. The molecule has 1 amide bonds. The summed E-state index contributed by atoms with van der Waals surface area (Å²) in [6, 6.07) is 20.7. The third-order valence-electron chi connectivity index (χ3n) is 4.99. The molecule has 0 atom stereocenters. The van der Waals surface area contributed by atoms with Gasteiger partial charge in [0.1, 0.15) is 6.54 Å². The SMILES string of the molecule is CCNC(=NCC(=O)NCCc1ccccc1)N1CCN(c2ccccc2)CC1. The molecule has 0 aliphatic carbocycles. The van der Waals surface area contributed by atoms with Crippen LogP contribution >= 0.6 is 0 Å². The number of anilines is 1. The fourth-order valence-corrected chi connectivity index (χ4v) is 3.43. The first-order valence-electron chi connectivity index (χ1n) is 10.4. The van der Waals surface area contributed by atoms with Gasteiger partial charge in [-0.15, -0.1) is 0 Å². The lowest BCUT2D eigenvalue weighted by Gasteiger charge is -2.37. The Morgan fingerprint density at radius 3 is 2.24 bits per heavy atom. The molecule has 0 spiro atoms. The highest BCUT2D eigenvalue weighted by Crippen LogP contribution is 2.15. The molecule has 29 heavy (non-hydrogen) atoms. The van der Waals surface area contributed by atoms with E-state index < -0.39 is 0 Å². The molecule has 0 radical (unpaired) electrons. The van der Waals surface area contributed by atoms with Gasteiger partial charge in [0.2, 0.25) is 5.91 Å².